The number of nitrogens with zero attached hydrogens (tertiary/aromatic N) is 1. The molecule has 2 rings (SSSR count). The fourth-order valence-electron chi connectivity index (χ4n) is 1.68. The van der Waals surface area contributed by atoms with Crippen molar-refractivity contribution in [2.75, 3.05) is 13.7 Å². The van der Waals surface area contributed by atoms with Crippen molar-refractivity contribution in [2.24, 2.45) is 0 Å². The number of methoxy groups -OCH3 is 1. The van der Waals surface area contributed by atoms with Gasteiger partial charge in [-0.3, -0.25) is 4.79 Å². The molecule has 0 spiro atoms. The number of aromatic nitrogens is 1. The zero-order valence-corrected chi connectivity index (χ0v) is 11.6. The van der Waals surface area contributed by atoms with Gasteiger partial charge in [0.25, 0.3) is 0 Å². The Morgan fingerprint density at radius 1 is 1.37 bits per heavy atom. The molecule has 1 aromatic carbocycles. The third-order valence-electron chi connectivity index (χ3n) is 2.71. The van der Waals surface area contributed by atoms with E-state index in [-0.39, 0.29) is 5.91 Å². The summed E-state index contributed by atoms with van der Waals surface area (Å²) in [5.74, 6) is 0.827. The molecule has 0 aliphatic rings. The molecule has 0 aliphatic heterocycles. The minimum atomic E-state index is 0.0281. The number of carbonyl (C=O) groups excluding carboxylic acids is 1. The van der Waals surface area contributed by atoms with Crippen molar-refractivity contribution in [1.29, 1.82) is 0 Å². The van der Waals surface area contributed by atoms with Crippen molar-refractivity contribution in [3.8, 4) is 5.75 Å². The SMILES string of the molecule is COc1ccc(CC(=O)NCCc2cscn2)cc1. The average molecular weight is 276 g/mol. The van der Waals surface area contributed by atoms with Crippen LogP contribution in [0.25, 0.3) is 0 Å². The highest BCUT2D eigenvalue weighted by Crippen LogP contribution is 2.11. The Bertz CT molecular complexity index is 509. The highest BCUT2D eigenvalue weighted by atomic mass is 32.1. The number of thiazole rings is 1. The molecule has 0 atom stereocenters. The van der Waals surface area contributed by atoms with Gasteiger partial charge in [0.2, 0.25) is 5.91 Å². The van der Waals surface area contributed by atoms with Crippen LogP contribution in [-0.4, -0.2) is 24.5 Å². The van der Waals surface area contributed by atoms with Gasteiger partial charge in [0, 0.05) is 18.3 Å². The van der Waals surface area contributed by atoms with Gasteiger partial charge in [-0.25, -0.2) is 4.98 Å². The Morgan fingerprint density at radius 2 is 2.16 bits per heavy atom. The number of hydrogen-bond acceptors (Lipinski definition) is 4. The topological polar surface area (TPSA) is 51.2 Å². The van der Waals surface area contributed by atoms with Crippen LogP contribution in [0, 0.1) is 0 Å². The summed E-state index contributed by atoms with van der Waals surface area (Å²) in [5.41, 5.74) is 3.80. The summed E-state index contributed by atoms with van der Waals surface area (Å²) in [6.45, 7) is 0.624. The fourth-order valence-corrected chi connectivity index (χ4v) is 2.28. The number of nitrogens with one attached hydrogen (secondary N) is 1. The lowest BCUT2D eigenvalue weighted by atomic mass is 10.1. The molecule has 0 radical (unpaired) electrons. The van der Waals surface area contributed by atoms with Crippen LogP contribution >= 0.6 is 11.3 Å². The van der Waals surface area contributed by atoms with Gasteiger partial charge in [-0.1, -0.05) is 12.1 Å². The van der Waals surface area contributed by atoms with Crippen molar-refractivity contribution in [3.05, 3.63) is 46.4 Å². The van der Waals surface area contributed by atoms with Gasteiger partial charge in [-0.15, -0.1) is 11.3 Å². The first-order valence-corrected chi connectivity index (χ1v) is 6.99. The summed E-state index contributed by atoms with van der Waals surface area (Å²) in [4.78, 5) is 15.9. The molecule has 100 valence electrons. The zero-order chi connectivity index (χ0) is 13.5. The predicted octanol–water partition coefficient (Wildman–Crippen LogP) is 2.05. The van der Waals surface area contributed by atoms with E-state index in [0.717, 1.165) is 23.4 Å². The Labute approximate surface area is 116 Å². The molecule has 5 heteroatoms. The summed E-state index contributed by atoms with van der Waals surface area (Å²) < 4.78 is 5.07. The predicted molar refractivity (Wildman–Crippen MR) is 75.5 cm³/mol. The van der Waals surface area contributed by atoms with Crippen LogP contribution < -0.4 is 10.1 Å². The van der Waals surface area contributed by atoms with E-state index < -0.39 is 0 Å². The quantitative estimate of drug-likeness (QED) is 0.878. The Hall–Kier alpha value is -1.88. The molecule has 0 saturated heterocycles. The smallest absolute Gasteiger partial charge is 0.224 e. The van der Waals surface area contributed by atoms with E-state index >= 15 is 0 Å². The van der Waals surface area contributed by atoms with Crippen LogP contribution in [0.15, 0.2) is 35.2 Å². The lowest BCUT2D eigenvalue weighted by Gasteiger charge is -2.05. The molecule has 1 N–H and O–H groups in total. The second-order valence-electron chi connectivity index (χ2n) is 4.10. The van der Waals surface area contributed by atoms with Gasteiger partial charge in [-0.2, -0.15) is 0 Å². The van der Waals surface area contributed by atoms with E-state index in [4.69, 9.17) is 4.74 Å². The van der Waals surface area contributed by atoms with Gasteiger partial charge in [0.05, 0.1) is 24.7 Å². The van der Waals surface area contributed by atoms with Crippen molar-refractivity contribution in [3.63, 3.8) is 0 Å². The van der Waals surface area contributed by atoms with E-state index in [9.17, 15) is 4.79 Å². The first kappa shape index (κ1) is 13.5. The largest absolute Gasteiger partial charge is 0.497 e. The fraction of sp³-hybridized carbons (Fsp3) is 0.286. The standard InChI is InChI=1S/C14H16N2O2S/c1-18-13-4-2-11(3-5-13)8-14(17)15-7-6-12-9-19-10-16-12/h2-5,9-10H,6-8H2,1H3,(H,15,17). The van der Waals surface area contributed by atoms with Crippen molar-refractivity contribution in [1.82, 2.24) is 10.3 Å². The second kappa shape index (κ2) is 6.89. The maximum Gasteiger partial charge on any atom is 0.224 e. The van der Waals surface area contributed by atoms with Crippen LogP contribution in [0.5, 0.6) is 5.75 Å². The summed E-state index contributed by atoms with van der Waals surface area (Å²) in [6, 6.07) is 7.52. The van der Waals surface area contributed by atoms with Crippen molar-refractivity contribution >= 4 is 17.2 Å². The number of ether oxygens (including phenoxy) is 1. The summed E-state index contributed by atoms with van der Waals surface area (Å²) in [7, 11) is 1.63. The Kier molecular flexibility index (Phi) is 4.92. The highest BCUT2D eigenvalue weighted by Gasteiger charge is 2.03. The zero-order valence-electron chi connectivity index (χ0n) is 10.8. The molecule has 1 aromatic heterocycles. The molecule has 0 bridgehead atoms. The number of rotatable bonds is 6. The van der Waals surface area contributed by atoms with Gasteiger partial charge < -0.3 is 10.1 Å². The van der Waals surface area contributed by atoms with Gasteiger partial charge in [0.1, 0.15) is 5.75 Å². The van der Waals surface area contributed by atoms with Crippen LogP contribution in [0.4, 0.5) is 0 Å². The minimum Gasteiger partial charge on any atom is -0.497 e. The number of benzene rings is 1. The van der Waals surface area contributed by atoms with Gasteiger partial charge in [-0.05, 0) is 17.7 Å². The molecular formula is C14H16N2O2S. The van der Waals surface area contributed by atoms with E-state index in [1.807, 2.05) is 29.6 Å². The normalized spacial score (nSPS) is 10.2. The van der Waals surface area contributed by atoms with E-state index in [0.29, 0.717) is 13.0 Å². The lowest BCUT2D eigenvalue weighted by Crippen LogP contribution is -2.27. The summed E-state index contributed by atoms with van der Waals surface area (Å²) >= 11 is 1.57. The van der Waals surface area contributed by atoms with Crippen LogP contribution in [-0.2, 0) is 17.6 Å². The van der Waals surface area contributed by atoms with Crippen LogP contribution in [0.3, 0.4) is 0 Å². The second-order valence-corrected chi connectivity index (χ2v) is 4.82. The third kappa shape index (κ3) is 4.37. The maximum absolute atomic E-state index is 11.7. The molecule has 1 amide bonds. The van der Waals surface area contributed by atoms with E-state index in [1.165, 1.54) is 0 Å². The van der Waals surface area contributed by atoms with E-state index in [1.54, 1.807) is 24.0 Å². The van der Waals surface area contributed by atoms with E-state index in [2.05, 4.69) is 10.3 Å². The minimum absolute atomic E-state index is 0.0281. The molecule has 1 heterocycles. The summed E-state index contributed by atoms with van der Waals surface area (Å²) in [5, 5.41) is 4.89. The monoisotopic (exact) mass is 276 g/mol. The maximum atomic E-state index is 11.7. The first-order chi connectivity index (χ1) is 9.28. The number of carbonyl (C=O) groups is 1. The number of hydrogen-bond donors (Lipinski definition) is 1. The Balaban J connectivity index is 1.74. The summed E-state index contributed by atoms with van der Waals surface area (Å²) in [6.07, 6.45) is 1.17. The molecule has 0 unspecified atom stereocenters. The molecule has 0 fully saturated rings. The molecule has 0 aliphatic carbocycles. The average Bonchev–Trinajstić information content (AvgIpc) is 2.93. The van der Waals surface area contributed by atoms with Crippen molar-refractivity contribution < 1.29 is 9.53 Å². The third-order valence-corrected chi connectivity index (χ3v) is 3.35. The van der Waals surface area contributed by atoms with Crippen LogP contribution in [0.2, 0.25) is 0 Å². The Morgan fingerprint density at radius 3 is 2.79 bits per heavy atom. The van der Waals surface area contributed by atoms with Crippen LogP contribution in [0.1, 0.15) is 11.3 Å². The number of amides is 1. The molecule has 19 heavy (non-hydrogen) atoms. The highest BCUT2D eigenvalue weighted by molar-refractivity contribution is 7.07. The lowest BCUT2D eigenvalue weighted by molar-refractivity contribution is -0.120. The molecule has 0 saturated carbocycles. The van der Waals surface area contributed by atoms with Gasteiger partial charge in [0.15, 0.2) is 0 Å². The van der Waals surface area contributed by atoms with Gasteiger partial charge >= 0.3 is 0 Å². The first-order valence-electron chi connectivity index (χ1n) is 6.04. The van der Waals surface area contributed by atoms with Crippen molar-refractivity contribution in [2.45, 2.75) is 12.8 Å². The molecular weight excluding hydrogens is 260 g/mol. The molecule has 4 nitrogen and oxygen atoms in total. The molecule has 2 aromatic rings.